The smallest absolute Gasteiger partial charge is 0.317 e. The summed E-state index contributed by atoms with van der Waals surface area (Å²) >= 11 is 0. The number of ether oxygens (including phenoxy) is 3. The van der Waals surface area contributed by atoms with Crippen molar-refractivity contribution in [2.24, 2.45) is 5.92 Å². The minimum absolute atomic E-state index is 0.0925. The Hall–Kier alpha value is -2.89. The Kier molecular flexibility index (Phi) is 6.29. The van der Waals surface area contributed by atoms with Crippen LogP contribution in [0.1, 0.15) is 25.5 Å². The molecule has 2 amide bonds. The van der Waals surface area contributed by atoms with Gasteiger partial charge in [-0.2, -0.15) is 0 Å². The summed E-state index contributed by atoms with van der Waals surface area (Å²) in [7, 11) is 3.41. The molecular formula is C22H28N2O4. The van der Waals surface area contributed by atoms with E-state index in [2.05, 4.69) is 19.2 Å². The van der Waals surface area contributed by atoms with Gasteiger partial charge in [0.05, 0.1) is 19.7 Å². The number of carbonyl (C=O) groups excluding carboxylic acids is 1. The molecule has 0 aromatic heterocycles. The van der Waals surface area contributed by atoms with Crippen molar-refractivity contribution in [3.63, 3.8) is 0 Å². The van der Waals surface area contributed by atoms with Gasteiger partial charge in [0.15, 0.2) is 17.6 Å². The zero-order chi connectivity index (χ0) is 20.1. The van der Waals surface area contributed by atoms with Gasteiger partial charge in [-0.1, -0.05) is 38.1 Å². The number of amides is 2. The molecule has 1 aliphatic rings. The third kappa shape index (κ3) is 4.68. The number of nitrogens with zero attached hydrogens (tertiary/aromatic N) is 1. The van der Waals surface area contributed by atoms with E-state index in [-0.39, 0.29) is 24.1 Å². The molecule has 6 nitrogen and oxygen atoms in total. The highest BCUT2D eigenvalue weighted by Gasteiger charge is 2.25. The number of rotatable bonds is 6. The second-order valence-electron chi connectivity index (χ2n) is 7.32. The average molecular weight is 384 g/mol. The van der Waals surface area contributed by atoms with Gasteiger partial charge in [-0.15, -0.1) is 0 Å². The van der Waals surface area contributed by atoms with E-state index in [4.69, 9.17) is 14.2 Å². The van der Waals surface area contributed by atoms with Crippen LogP contribution >= 0.6 is 0 Å². The Morgan fingerprint density at radius 1 is 1.18 bits per heavy atom. The van der Waals surface area contributed by atoms with Gasteiger partial charge < -0.3 is 24.4 Å². The molecule has 150 valence electrons. The van der Waals surface area contributed by atoms with Crippen LogP contribution in [0.2, 0.25) is 0 Å². The second kappa shape index (κ2) is 8.87. The second-order valence-corrected chi connectivity index (χ2v) is 7.32. The van der Waals surface area contributed by atoms with Crippen molar-refractivity contribution in [1.29, 1.82) is 0 Å². The van der Waals surface area contributed by atoms with Crippen LogP contribution in [0.25, 0.3) is 0 Å². The third-order valence-electron chi connectivity index (χ3n) is 4.81. The maximum absolute atomic E-state index is 12.8. The van der Waals surface area contributed by atoms with Crippen molar-refractivity contribution in [2.45, 2.75) is 26.0 Å². The van der Waals surface area contributed by atoms with Crippen molar-refractivity contribution >= 4 is 6.03 Å². The van der Waals surface area contributed by atoms with Gasteiger partial charge >= 0.3 is 6.03 Å². The first kappa shape index (κ1) is 19.9. The summed E-state index contributed by atoms with van der Waals surface area (Å²) in [5.74, 6) is 2.49. The molecule has 0 saturated carbocycles. The van der Waals surface area contributed by atoms with Gasteiger partial charge in [0, 0.05) is 7.05 Å². The molecule has 6 heteroatoms. The molecule has 2 atom stereocenters. The predicted molar refractivity (Wildman–Crippen MR) is 108 cm³/mol. The van der Waals surface area contributed by atoms with Crippen LogP contribution in [-0.2, 0) is 0 Å². The van der Waals surface area contributed by atoms with Gasteiger partial charge in [-0.05, 0) is 35.7 Å². The molecule has 3 rings (SSSR count). The fraction of sp³-hybridized carbons (Fsp3) is 0.409. The lowest BCUT2D eigenvalue weighted by Crippen LogP contribution is -2.47. The standard InChI is InChI=1S/C22H28N2O4/c1-15(2)21(16-9-11-17(26-4)12-10-16)23-22(25)24(3)13-18-14-27-19-7-5-6-8-20(19)28-18/h5-12,15,18,21H,13-14H2,1-4H3,(H,23,25). The molecule has 0 spiro atoms. The van der Waals surface area contributed by atoms with Crippen LogP contribution in [-0.4, -0.2) is 44.3 Å². The highest BCUT2D eigenvalue weighted by Crippen LogP contribution is 2.31. The Labute approximate surface area is 166 Å². The molecule has 2 aromatic rings. The number of carbonyl (C=O) groups is 1. The van der Waals surface area contributed by atoms with Gasteiger partial charge in [0.25, 0.3) is 0 Å². The van der Waals surface area contributed by atoms with Gasteiger partial charge in [0.1, 0.15) is 12.4 Å². The Balaban J connectivity index is 1.60. The largest absolute Gasteiger partial charge is 0.497 e. The van der Waals surface area contributed by atoms with E-state index >= 15 is 0 Å². The number of hydrogen-bond acceptors (Lipinski definition) is 4. The molecule has 0 saturated heterocycles. The fourth-order valence-electron chi connectivity index (χ4n) is 3.23. The first-order chi connectivity index (χ1) is 13.5. The van der Waals surface area contributed by atoms with E-state index in [0.29, 0.717) is 18.9 Å². The van der Waals surface area contributed by atoms with Crippen molar-refractivity contribution in [3.8, 4) is 17.2 Å². The van der Waals surface area contributed by atoms with Gasteiger partial charge in [0.2, 0.25) is 0 Å². The monoisotopic (exact) mass is 384 g/mol. The third-order valence-corrected chi connectivity index (χ3v) is 4.81. The Morgan fingerprint density at radius 2 is 1.86 bits per heavy atom. The fourth-order valence-corrected chi connectivity index (χ4v) is 3.23. The molecule has 0 aliphatic carbocycles. The highest BCUT2D eigenvalue weighted by molar-refractivity contribution is 5.74. The zero-order valence-electron chi connectivity index (χ0n) is 16.8. The topological polar surface area (TPSA) is 60.0 Å². The van der Waals surface area contributed by atoms with E-state index in [0.717, 1.165) is 17.1 Å². The van der Waals surface area contributed by atoms with Crippen molar-refractivity contribution in [2.75, 3.05) is 27.3 Å². The molecule has 2 aromatic carbocycles. The van der Waals surface area contributed by atoms with E-state index < -0.39 is 0 Å². The van der Waals surface area contributed by atoms with Crippen LogP contribution in [0.4, 0.5) is 4.79 Å². The van der Waals surface area contributed by atoms with E-state index in [9.17, 15) is 4.79 Å². The highest BCUT2D eigenvalue weighted by atomic mass is 16.6. The lowest BCUT2D eigenvalue weighted by Gasteiger charge is -2.31. The average Bonchev–Trinajstić information content (AvgIpc) is 2.71. The first-order valence-corrected chi connectivity index (χ1v) is 9.52. The number of benzene rings is 2. The summed E-state index contributed by atoms with van der Waals surface area (Å²) in [6.07, 6.45) is -0.205. The van der Waals surface area contributed by atoms with E-state index in [1.807, 2.05) is 48.5 Å². The van der Waals surface area contributed by atoms with Gasteiger partial charge in [-0.25, -0.2) is 4.79 Å². The van der Waals surface area contributed by atoms with E-state index in [1.165, 1.54) is 0 Å². The molecule has 0 fully saturated rings. The lowest BCUT2D eigenvalue weighted by atomic mass is 9.96. The quantitative estimate of drug-likeness (QED) is 0.821. The summed E-state index contributed by atoms with van der Waals surface area (Å²) in [4.78, 5) is 14.4. The molecule has 1 aliphatic heterocycles. The van der Waals surface area contributed by atoms with Crippen LogP contribution in [0.5, 0.6) is 17.2 Å². The Morgan fingerprint density at radius 3 is 2.50 bits per heavy atom. The summed E-state index contributed by atoms with van der Waals surface area (Å²) < 4.78 is 16.9. The number of para-hydroxylation sites is 2. The summed E-state index contributed by atoms with van der Waals surface area (Å²) in [6.45, 7) is 5.03. The summed E-state index contributed by atoms with van der Waals surface area (Å²) in [5.41, 5.74) is 1.05. The van der Waals surface area contributed by atoms with Crippen LogP contribution < -0.4 is 19.5 Å². The first-order valence-electron chi connectivity index (χ1n) is 9.52. The summed E-state index contributed by atoms with van der Waals surface area (Å²) in [6, 6.07) is 15.1. The summed E-state index contributed by atoms with van der Waals surface area (Å²) in [5, 5.41) is 3.13. The number of likely N-dealkylation sites (N-methyl/N-ethyl adjacent to an activating group) is 1. The molecular weight excluding hydrogens is 356 g/mol. The SMILES string of the molecule is COc1ccc(C(NC(=O)N(C)CC2COc3ccccc3O2)C(C)C)cc1. The van der Waals surface area contributed by atoms with Crippen LogP contribution in [0, 0.1) is 5.92 Å². The minimum Gasteiger partial charge on any atom is -0.497 e. The zero-order valence-corrected chi connectivity index (χ0v) is 16.8. The number of nitrogens with one attached hydrogen (secondary N) is 1. The molecule has 2 unspecified atom stereocenters. The maximum Gasteiger partial charge on any atom is 0.317 e. The molecule has 1 N–H and O–H groups in total. The Bertz CT molecular complexity index is 791. The van der Waals surface area contributed by atoms with Crippen LogP contribution in [0.15, 0.2) is 48.5 Å². The lowest BCUT2D eigenvalue weighted by molar-refractivity contribution is 0.0710. The molecule has 28 heavy (non-hydrogen) atoms. The molecule has 0 bridgehead atoms. The maximum atomic E-state index is 12.8. The number of urea groups is 1. The van der Waals surface area contributed by atoms with Crippen molar-refractivity contribution in [3.05, 3.63) is 54.1 Å². The predicted octanol–water partition coefficient (Wildman–Crippen LogP) is 3.87. The van der Waals surface area contributed by atoms with Crippen molar-refractivity contribution in [1.82, 2.24) is 10.2 Å². The normalized spacial score (nSPS) is 16.4. The molecule has 1 heterocycles. The van der Waals surface area contributed by atoms with E-state index in [1.54, 1.807) is 19.1 Å². The number of fused-ring (bicyclic) bond motifs is 1. The molecule has 0 radical (unpaired) electrons. The van der Waals surface area contributed by atoms with Crippen LogP contribution in [0.3, 0.4) is 0 Å². The minimum atomic E-state index is -0.205. The van der Waals surface area contributed by atoms with Gasteiger partial charge in [-0.3, -0.25) is 0 Å². The van der Waals surface area contributed by atoms with Crippen molar-refractivity contribution < 1.29 is 19.0 Å². The number of methoxy groups -OCH3 is 1. The number of hydrogen-bond donors (Lipinski definition) is 1.